The zero-order valence-electron chi connectivity index (χ0n) is 11.3. The second kappa shape index (κ2) is 6.53. The van der Waals surface area contributed by atoms with Crippen molar-refractivity contribution in [2.45, 2.75) is 26.2 Å². The highest BCUT2D eigenvalue weighted by atomic mass is 32.1. The van der Waals surface area contributed by atoms with Crippen molar-refractivity contribution in [3.05, 3.63) is 40.8 Å². The monoisotopic (exact) mass is 274 g/mol. The topological polar surface area (TPSA) is 26.3 Å². The maximum Gasteiger partial charge on any atom is 0.348 e. The van der Waals surface area contributed by atoms with Gasteiger partial charge in [-0.1, -0.05) is 44.1 Å². The van der Waals surface area contributed by atoms with E-state index in [9.17, 15) is 4.79 Å². The maximum absolute atomic E-state index is 11.6. The van der Waals surface area contributed by atoms with E-state index in [1.807, 2.05) is 18.2 Å². The number of fused-ring (bicyclic) bond motifs is 1. The molecule has 19 heavy (non-hydrogen) atoms. The summed E-state index contributed by atoms with van der Waals surface area (Å²) in [6.07, 6.45) is 7.86. The van der Waals surface area contributed by atoms with Crippen molar-refractivity contribution in [3.8, 4) is 0 Å². The highest BCUT2D eigenvalue weighted by molar-refractivity contribution is 7.20. The minimum atomic E-state index is -0.262. The molecule has 0 aliphatic rings. The van der Waals surface area contributed by atoms with Crippen molar-refractivity contribution in [2.75, 3.05) is 7.11 Å². The Balaban J connectivity index is 2.31. The van der Waals surface area contributed by atoms with E-state index >= 15 is 0 Å². The van der Waals surface area contributed by atoms with Crippen molar-refractivity contribution in [3.63, 3.8) is 0 Å². The van der Waals surface area contributed by atoms with E-state index in [1.54, 1.807) is 0 Å². The van der Waals surface area contributed by atoms with Gasteiger partial charge < -0.3 is 4.74 Å². The van der Waals surface area contributed by atoms with Gasteiger partial charge in [-0.2, -0.15) is 0 Å². The molecule has 0 amide bonds. The fourth-order valence-corrected chi connectivity index (χ4v) is 2.98. The van der Waals surface area contributed by atoms with E-state index in [-0.39, 0.29) is 5.97 Å². The van der Waals surface area contributed by atoms with E-state index in [0.29, 0.717) is 4.88 Å². The van der Waals surface area contributed by atoms with Gasteiger partial charge in [0.2, 0.25) is 0 Å². The van der Waals surface area contributed by atoms with E-state index in [1.165, 1.54) is 36.9 Å². The second-order valence-corrected chi connectivity index (χ2v) is 5.49. The number of allylic oxidation sites excluding steroid dienone is 1. The van der Waals surface area contributed by atoms with E-state index < -0.39 is 0 Å². The molecule has 0 saturated carbocycles. The number of carbonyl (C=O) groups is 1. The van der Waals surface area contributed by atoms with Crippen molar-refractivity contribution in [2.24, 2.45) is 0 Å². The van der Waals surface area contributed by atoms with Crippen LogP contribution < -0.4 is 0 Å². The standard InChI is InChI=1S/C16H18O2S/c1-3-4-5-6-8-12-9-7-10-14-13(12)11-15(19-14)16(17)18-2/h6-11H,3-5H2,1-2H3. The molecule has 100 valence electrons. The molecular weight excluding hydrogens is 256 g/mol. The molecule has 0 radical (unpaired) electrons. The number of unbranched alkanes of at least 4 members (excludes halogenated alkanes) is 2. The number of thiophene rings is 1. The molecule has 0 atom stereocenters. The predicted octanol–water partition coefficient (Wildman–Crippen LogP) is 4.89. The van der Waals surface area contributed by atoms with Gasteiger partial charge in [0.15, 0.2) is 0 Å². The van der Waals surface area contributed by atoms with E-state index in [2.05, 4.69) is 25.1 Å². The molecule has 2 aromatic rings. The average molecular weight is 274 g/mol. The van der Waals surface area contributed by atoms with Crippen LogP contribution in [0.5, 0.6) is 0 Å². The van der Waals surface area contributed by atoms with Gasteiger partial charge in [-0.15, -0.1) is 11.3 Å². The average Bonchev–Trinajstić information content (AvgIpc) is 2.87. The molecule has 0 spiro atoms. The van der Waals surface area contributed by atoms with E-state index in [0.717, 1.165) is 16.5 Å². The van der Waals surface area contributed by atoms with Crippen LogP contribution in [0.1, 0.15) is 41.4 Å². The van der Waals surface area contributed by atoms with Crippen molar-refractivity contribution < 1.29 is 9.53 Å². The lowest BCUT2D eigenvalue weighted by Crippen LogP contribution is -1.96. The van der Waals surface area contributed by atoms with Crippen LogP contribution in [0.3, 0.4) is 0 Å². The first-order chi connectivity index (χ1) is 9.26. The molecule has 1 aromatic heterocycles. The quantitative estimate of drug-likeness (QED) is 0.573. The number of hydrogen-bond donors (Lipinski definition) is 0. The highest BCUT2D eigenvalue weighted by Gasteiger charge is 2.11. The molecular formula is C16H18O2S. The van der Waals surface area contributed by atoms with Crippen LogP contribution in [0.15, 0.2) is 30.3 Å². The minimum absolute atomic E-state index is 0.262. The van der Waals surface area contributed by atoms with Gasteiger partial charge in [0.1, 0.15) is 4.88 Å². The van der Waals surface area contributed by atoms with Crippen molar-refractivity contribution in [1.82, 2.24) is 0 Å². The second-order valence-electron chi connectivity index (χ2n) is 4.41. The molecule has 0 bridgehead atoms. The van der Waals surface area contributed by atoms with Crippen LogP contribution in [-0.4, -0.2) is 13.1 Å². The summed E-state index contributed by atoms with van der Waals surface area (Å²) < 4.78 is 5.90. The van der Waals surface area contributed by atoms with Gasteiger partial charge >= 0.3 is 5.97 Å². The van der Waals surface area contributed by atoms with Gasteiger partial charge in [0, 0.05) is 10.1 Å². The third kappa shape index (κ3) is 3.24. The summed E-state index contributed by atoms with van der Waals surface area (Å²) in [6.45, 7) is 2.19. The van der Waals surface area contributed by atoms with Gasteiger partial charge in [0.25, 0.3) is 0 Å². The molecule has 3 heteroatoms. The summed E-state index contributed by atoms with van der Waals surface area (Å²) in [5, 5.41) is 1.13. The Labute approximate surface area is 117 Å². The molecule has 2 nitrogen and oxygen atoms in total. The molecule has 0 aliphatic carbocycles. The molecule has 1 heterocycles. The Hall–Kier alpha value is -1.61. The van der Waals surface area contributed by atoms with Crippen molar-refractivity contribution >= 4 is 33.5 Å². The molecule has 0 saturated heterocycles. The molecule has 0 N–H and O–H groups in total. The summed E-state index contributed by atoms with van der Waals surface area (Å²) in [7, 11) is 1.41. The van der Waals surface area contributed by atoms with Crippen molar-refractivity contribution in [1.29, 1.82) is 0 Å². The Morgan fingerprint density at radius 1 is 1.42 bits per heavy atom. The van der Waals surface area contributed by atoms with Crippen LogP contribution in [0, 0.1) is 0 Å². The largest absolute Gasteiger partial charge is 0.465 e. The normalized spacial score (nSPS) is 11.3. The molecule has 0 unspecified atom stereocenters. The first-order valence-electron chi connectivity index (χ1n) is 6.53. The highest BCUT2D eigenvalue weighted by Crippen LogP contribution is 2.29. The number of rotatable bonds is 5. The lowest BCUT2D eigenvalue weighted by molar-refractivity contribution is 0.0606. The van der Waals surface area contributed by atoms with Gasteiger partial charge in [-0.25, -0.2) is 4.79 Å². The summed E-state index contributed by atoms with van der Waals surface area (Å²) >= 11 is 1.48. The first-order valence-corrected chi connectivity index (χ1v) is 7.35. The summed E-state index contributed by atoms with van der Waals surface area (Å²) in [5.41, 5.74) is 1.17. The van der Waals surface area contributed by atoms with Gasteiger partial charge in [-0.3, -0.25) is 0 Å². The first kappa shape index (κ1) is 13.8. The number of hydrogen-bond acceptors (Lipinski definition) is 3. The minimum Gasteiger partial charge on any atom is -0.465 e. The Morgan fingerprint density at radius 2 is 2.26 bits per heavy atom. The molecule has 0 aliphatic heterocycles. The van der Waals surface area contributed by atoms with Crippen LogP contribution >= 0.6 is 11.3 Å². The zero-order chi connectivity index (χ0) is 13.7. The Bertz CT molecular complexity index is 596. The smallest absolute Gasteiger partial charge is 0.348 e. The molecule has 0 fully saturated rings. The SMILES string of the molecule is CCCCC=Cc1cccc2sc(C(=O)OC)cc12. The fourth-order valence-electron chi connectivity index (χ4n) is 1.96. The number of methoxy groups -OCH3 is 1. The van der Waals surface area contributed by atoms with Crippen LogP contribution in [0.2, 0.25) is 0 Å². The maximum atomic E-state index is 11.6. The number of benzene rings is 1. The summed E-state index contributed by atoms with van der Waals surface area (Å²) in [6, 6.07) is 8.07. The third-order valence-electron chi connectivity index (χ3n) is 3.00. The lowest BCUT2D eigenvalue weighted by Gasteiger charge is -1.96. The number of esters is 1. The van der Waals surface area contributed by atoms with Crippen LogP contribution in [0.4, 0.5) is 0 Å². The molecule has 1 aromatic carbocycles. The van der Waals surface area contributed by atoms with E-state index in [4.69, 9.17) is 4.74 Å². The third-order valence-corrected chi connectivity index (χ3v) is 4.08. The number of carbonyl (C=O) groups excluding carboxylic acids is 1. The summed E-state index contributed by atoms with van der Waals surface area (Å²) in [5.74, 6) is -0.262. The predicted molar refractivity (Wildman–Crippen MR) is 81.7 cm³/mol. The Kier molecular flexibility index (Phi) is 4.74. The zero-order valence-corrected chi connectivity index (χ0v) is 12.1. The van der Waals surface area contributed by atoms with Crippen LogP contribution in [0.25, 0.3) is 16.2 Å². The lowest BCUT2D eigenvalue weighted by atomic mass is 10.1. The van der Waals surface area contributed by atoms with Crippen LogP contribution in [-0.2, 0) is 4.74 Å². The number of ether oxygens (including phenoxy) is 1. The summed E-state index contributed by atoms with van der Waals surface area (Å²) in [4.78, 5) is 12.2. The van der Waals surface area contributed by atoms with Gasteiger partial charge in [-0.05, 0) is 24.1 Å². The van der Waals surface area contributed by atoms with Gasteiger partial charge in [0.05, 0.1) is 7.11 Å². The molecule has 2 rings (SSSR count). The Morgan fingerprint density at radius 3 is 3.00 bits per heavy atom. The fraction of sp³-hybridized carbons (Fsp3) is 0.312.